The Labute approximate surface area is 115 Å². The van der Waals surface area contributed by atoms with Crippen molar-refractivity contribution in [2.24, 2.45) is 0 Å². The maximum absolute atomic E-state index is 2.25. The molecule has 0 aliphatic heterocycles. The second-order valence-corrected chi connectivity index (χ2v) is 3.94. The molecule has 0 bridgehead atoms. The Bertz CT molecular complexity index is 323. The Morgan fingerprint density at radius 2 is 1.79 bits per heavy atom. The minimum Gasteiger partial charge on any atom is -1.00 e. The largest absolute Gasteiger partial charge is 1.00 e. The zero-order valence-corrected chi connectivity index (χ0v) is 11.4. The zero-order chi connectivity index (χ0) is 7.84. The van der Waals surface area contributed by atoms with Gasteiger partial charge in [-0.15, -0.1) is 0 Å². The number of hydrogen-bond donors (Lipinski definition) is 0. The number of allylic oxidation sites excluding steroid dienone is 1. The Kier molecular flexibility index (Phi) is 8.39. The number of fused-ring (bicyclic) bond motifs is 1. The first-order valence-electron chi connectivity index (χ1n) is 3.77. The molecule has 0 aromatic heterocycles. The quantitative estimate of drug-likeness (QED) is 0.416. The van der Waals surface area contributed by atoms with E-state index in [0.717, 1.165) is 0 Å². The van der Waals surface area contributed by atoms with E-state index >= 15 is 0 Å². The smallest absolute Gasteiger partial charge is 1.00 e. The van der Waals surface area contributed by atoms with Crippen molar-refractivity contribution >= 4 is 6.08 Å². The molecular weight excluding hydrogens is 274 g/mol. The summed E-state index contributed by atoms with van der Waals surface area (Å²) in [4.78, 5) is 0. The summed E-state index contributed by atoms with van der Waals surface area (Å²) < 4.78 is 0.616. The minimum absolute atomic E-state index is 0. The summed E-state index contributed by atoms with van der Waals surface area (Å²) in [5.41, 5.74) is 4.22. The van der Waals surface area contributed by atoms with Crippen molar-refractivity contribution in [2.45, 2.75) is 11.1 Å². The molecule has 0 N–H and O–H groups in total. The van der Waals surface area contributed by atoms with Crippen LogP contribution < -0.4 is 37.2 Å². The van der Waals surface area contributed by atoms with Gasteiger partial charge in [0.1, 0.15) is 0 Å². The zero-order valence-electron chi connectivity index (χ0n) is 7.60. The van der Waals surface area contributed by atoms with Crippen molar-refractivity contribution in [1.29, 1.82) is 0 Å². The minimum atomic E-state index is 0. The second kappa shape index (κ2) is 6.92. The summed E-state index contributed by atoms with van der Waals surface area (Å²) in [5.74, 6) is 0. The molecule has 1 aromatic carbocycles. The topological polar surface area (TPSA) is 0 Å². The first-order valence-corrected chi connectivity index (χ1v) is 4.67. The van der Waals surface area contributed by atoms with Crippen LogP contribution >= 0.6 is 0 Å². The van der Waals surface area contributed by atoms with E-state index in [9.17, 15) is 0 Å². The number of hydrogen-bond acceptors (Lipinski definition) is 0. The van der Waals surface area contributed by atoms with Crippen LogP contribution in [-0.4, -0.2) is 0 Å². The number of rotatable bonds is 0. The molecule has 1 aliphatic rings. The van der Waals surface area contributed by atoms with E-state index in [1.54, 1.807) is 0 Å². The molecule has 4 heteroatoms. The molecule has 14 heavy (non-hydrogen) atoms. The van der Waals surface area contributed by atoms with Gasteiger partial charge in [0.05, 0.1) is 0 Å². The number of halogens is 3. The second-order valence-electron chi connectivity index (χ2n) is 2.97. The van der Waals surface area contributed by atoms with Crippen LogP contribution in [0.2, 0.25) is 0 Å². The molecular formula is C10H9Cl3Ti. The van der Waals surface area contributed by atoms with E-state index in [0.29, 0.717) is 4.22 Å². The van der Waals surface area contributed by atoms with E-state index < -0.39 is 0 Å². The fourth-order valence-electron chi connectivity index (χ4n) is 1.43. The fourth-order valence-corrected chi connectivity index (χ4v) is 1.99. The summed E-state index contributed by atoms with van der Waals surface area (Å²) in [5, 5.41) is 0. The molecule has 2 rings (SSSR count). The van der Waals surface area contributed by atoms with Crippen molar-refractivity contribution in [1.82, 2.24) is 0 Å². The molecule has 0 fully saturated rings. The molecule has 0 amide bonds. The Morgan fingerprint density at radius 3 is 2.43 bits per heavy atom. The van der Waals surface area contributed by atoms with Crippen LogP contribution in [0.1, 0.15) is 20.9 Å². The maximum Gasteiger partial charge on any atom is -1.00 e. The molecule has 1 aliphatic carbocycles. The van der Waals surface area contributed by atoms with Gasteiger partial charge in [0.2, 0.25) is 0 Å². The molecule has 0 nitrogen and oxygen atoms in total. The SMILES string of the molecule is Cc1ccc2c(c1)C=C[CH]2[Ti+3].[Cl-].[Cl-].[Cl-]. The first-order chi connectivity index (χ1) is 5.27. The summed E-state index contributed by atoms with van der Waals surface area (Å²) in [7, 11) is 0. The summed E-state index contributed by atoms with van der Waals surface area (Å²) in [6.45, 7) is 2.14. The van der Waals surface area contributed by atoms with Gasteiger partial charge in [0, 0.05) is 0 Å². The molecule has 0 radical (unpaired) electrons. The van der Waals surface area contributed by atoms with Gasteiger partial charge in [-0.3, -0.25) is 0 Å². The molecule has 0 heterocycles. The van der Waals surface area contributed by atoms with Crippen LogP contribution in [-0.2, 0) is 20.4 Å². The van der Waals surface area contributed by atoms with Crippen LogP contribution in [0.5, 0.6) is 0 Å². The van der Waals surface area contributed by atoms with Gasteiger partial charge in [-0.2, -0.15) is 0 Å². The van der Waals surface area contributed by atoms with Gasteiger partial charge in [-0.05, 0) is 0 Å². The Hall–Kier alpha value is 0.544. The molecule has 1 aromatic rings. The maximum atomic E-state index is 2.25. The predicted octanol–water partition coefficient (Wildman–Crippen LogP) is -6.38. The summed E-state index contributed by atoms with van der Waals surface area (Å²) in [6.07, 6.45) is 4.47. The average molecular weight is 283 g/mol. The molecule has 74 valence electrons. The third kappa shape index (κ3) is 3.29. The van der Waals surface area contributed by atoms with Gasteiger partial charge in [-0.25, -0.2) is 0 Å². The predicted molar refractivity (Wildman–Crippen MR) is 43.0 cm³/mol. The number of aryl methyl sites for hydroxylation is 1. The Balaban J connectivity index is 0. The van der Waals surface area contributed by atoms with Crippen LogP contribution in [0, 0.1) is 6.92 Å². The van der Waals surface area contributed by atoms with Crippen LogP contribution in [0.3, 0.4) is 0 Å². The van der Waals surface area contributed by atoms with Crippen molar-refractivity contribution in [3.63, 3.8) is 0 Å². The monoisotopic (exact) mass is 282 g/mol. The normalized spacial score (nSPS) is 16.1. The van der Waals surface area contributed by atoms with Crippen molar-refractivity contribution in [2.75, 3.05) is 0 Å². The van der Waals surface area contributed by atoms with Crippen LogP contribution in [0.25, 0.3) is 6.08 Å². The van der Waals surface area contributed by atoms with Gasteiger partial charge in [-0.1, -0.05) is 0 Å². The first kappa shape index (κ1) is 17.0. The van der Waals surface area contributed by atoms with E-state index in [1.807, 2.05) is 0 Å². The third-order valence-corrected chi connectivity index (χ3v) is 2.83. The van der Waals surface area contributed by atoms with Crippen molar-refractivity contribution < 1.29 is 57.7 Å². The summed E-state index contributed by atoms with van der Waals surface area (Å²) >= 11 is 2.23. The van der Waals surface area contributed by atoms with Crippen molar-refractivity contribution in [3.8, 4) is 0 Å². The molecule has 1 atom stereocenters. The fraction of sp³-hybridized carbons (Fsp3) is 0.200. The van der Waals surface area contributed by atoms with Crippen LogP contribution in [0.15, 0.2) is 24.3 Å². The van der Waals surface area contributed by atoms with Gasteiger partial charge in [0.25, 0.3) is 0 Å². The van der Waals surface area contributed by atoms with Gasteiger partial charge < -0.3 is 37.2 Å². The van der Waals surface area contributed by atoms with E-state index in [2.05, 4.69) is 57.7 Å². The van der Waals surface area contributed by atoms with E-state index in [-0.39, 0.29) is 37.2 Å². The molecule has 1 unspecified atom stereocenters. The third-order valence-electron chi connectivity index (χ3n) is 2.05. The summed E-state index contributed by atoms with van der Waals surface area (Å²) in [6, 6.07) is 6.66. The van der Waals surface area contributed by atoms with Gasteiger partial charge >= 0.3 is 78.6 Å². The van der Waals surface area contributed by atoms with Crippen molar-refractivity contribution in [3.05, 3.63) is 41.0 Å². The van der Waals surface area contributed by atoms with Crippen LogP contribution in [0.4, 0.5) is 0 Å². The Morgan fingerprint density at radius 1 is 1.14 bits per heavy atom. The molecule has 0 saturated heterocycles. The molecule has 0 saturated carbocycles. The average Bonchev–Trinajstić information content (AvgIpc) is 2.32. The number of benzene rings is 1. The van der Waals surface area contributed by atoms with E-state index in [4.69, 9.17) is 0 Å². The van der Waals surface area contributed by atoms with E-state index in [1.165, 1.54) is 16.7 Å². The van der Waals surface area contributed by atoms with Gasteiger partial charge in [0.15, 0.2) is 0 Å². The standard InChI is InChI=1S/C10H9.3ClH.Ti/c1-8-5-6-9-3-2-4-10(9)7-8;;;;/h2-7H,1H3;3*1H;/q;;;;+3/p-3. The molecule has 0 spiro atoms.